The number of rotatable bonds is 6. The van der Waals surface area contributed by atoms with E-state index in [4.69, 9.17) is 15.0 Å². The zero-order valence-electron chi connectivity index (χ0n) is 26.2. The lowest BCUT2D eigenvalue weighted by molar-refractivity contribution is 0.308. The van der Waals surface area contributed by atoms with E-state index in [0.717, 1.165) is 51.1 Å². The van der Waals surface area contributed by atoms with E-state index in [1.165, 1.54) is 43.2 Å². The molecular weight excluding hydrogens is 573 g/mol. The molecule has 4 heteroatoms. The SMILES string of the molecule is N#Cc1ccccc1-c1ccccc1-c1nc(-c2ccccc2)nc(-c2ccccc2-c2ccc(C34C[C@H]5CC[C@@H](C3)[C@@H]5C4)cc2)n1. The lowest BCUT2D eigenvalue weighted by Crippen LogP contribution is -2.23. The summed E-state index contributed by atoms with van der Waals surface area (Å²) in [7, 11) is 0. The van der Waals surface area contributed by atoms with Crippen LogP contribution >= 0.6 is 0 Å². The average molecular weight is 607 g/mol. The molecule has 2 bridgehead atoms. The standard InChI is InChI=1S/C43H34N4/c44-27-32-12-4-5-14-35(32)36-15-7-9-17-38(36)42-46-40(29-10-2-1-3-11-29)45-41(47-42)37-16-8-6-13-34(37)28-20-22-33(23-21-28)43-24-30-18-19-31(25-43)39(30)26-43/h1-17,20-23,30-31,39H,18-19,24-26H2/t30-,31+,39-,43?. The zero-order valence-corrected chi connectivity index (χ0v) is 26.2. The maximum atomic E-state index is 9.91. The van der Waals surface area contributed by atoms with Gasteiger partial charge in [-0.25, -0.2) is 15.0 Å². The van der Waals surface area contributed by atoms with Crippen LogP contribution in [0.1, 0.15) is 43.2 Å². The van der Waals surface area contributed by atoms with E-state index in [9.17, 15) is 5.26 Å². The van der Waals surface area contributed by atoms with Crippen molar-refractivity contribution in [1.29, 1.82) is 5.26 Å². The summed E-state index contributed by atoms with van der Waals surface area (Å²) >= 11 is 0. The average Bonchev–Trinajstić information content (AvgIpc) is 3.78. The van der Waals surface area contributed by atoms with Crippen LogP contribution < -0.4 is 0 Å². The second-order valence-electron chi connectivity index (χ2n) is 13.7. The molecule has 0 spiro atoms. The topological polar surface area (TPSA) is 62.5 Å². The highest BCUT2D eigenvalue weighted by Gasteiger charge is 2.58. The number of nitrogens with zero attached hydrogens (tertiary/aromatic N) is 4. The van der Waals surface area contributed by atoms with E-state index in [1.54, 1.807) is 0 Å². The molecule has 3 saturated carbocycles. The van der Waals surface area contributed by atoms with Crippen LogP contribution in [-0.4, -0.2) is 15.0 Å². The van der Waals surface area contributed by atoms with Crippen molar-refractivity contribution >= 4 is 0 Å². The predicted molar refractivity (Wildman–Crippen MR) is 187 cm³/mol. The lowest BCUT2D eigenvalue weighted by Gasteiger charge is -2.30. The van der Waals surface area contributed by atoms with Crippen LogP contribution in [0, 0.1) is 29.1 Å². The number of aromatic nitrogens is 3. The molecule has 4 nitrogen and oxygen atoms in total. The third kappa shape index (κ3) is 4.69. The van der Waals surface area contributed by atoms with Crippen molar-refractivity contribution in [2.75, 3.05) is 0 Å². The lowest BCUT2D eigenvalue weighted by atomic mass is 9.74. The summed E-state index contributed by atoms with van der Waals surface area (Å²) in [4.78, 5) is 15.3. The van der Waals surface area contributed by atoms with Crippen LogP contribution in [0.3, 0.4) is 0 Å². The van der Waals surface area contributed by atoms with Gasteiger partial charge in [-0.15, -0.1) is 0 Å². The van der Waals surface area contributed by atoms with Crippen LogP contribution in [0.4, 0.5) is 0 Å². The second-order valence-corrected chi connectivity index (χ2v) is 13.7. The third-order valence-electron chi connectivity index (χ3n) is 11.2. The van der Waals surface area contributed by atoms with E-state index >= 15 is 0 Å². The smallest absolute Gasteiger partial charge is 0.164 e. The molecule has 1 unspecified atom stereocenters. The molecule has 0 amide bonds. The summed E-state index contributed by atoms with van der Waals surface area (Å²) in [6.07, 6.45) is 7.02. The van der Waals surface area contributed by atoms with Crippen LogP contribution in [0.15, 0.2) is 127 Å². The van der Waals surface area contributed by atoms with Crippen molar-refractivity contribution in [3.05, 3.63) is 139 Å². The minimum atomic E-state index is 0.389. The number of hydrogen-bond donors (Lipinski definition) is 0. The first kappa shape index (κ1) is 27.9. The van der Waals surface area contributed by atoms with Gasteiger partial charge in [0.05, 0.1) is 11.6 Å². The van der Waals surface area contributed by atoms with Crippen molar-refractivity contribution in [3.63, 3.8) is 0 Å². The molecule has 9 rings (SSSR count). The van der Waals surface area contributed by atoms with Crippen molar-refractivity contribution in [2.24, 2.45) is 17.8 Å². The first-order valence-electron chi connectivity index (χ1n) is 16.8. The Kier molecular flexibility index (Phi) is 6.61. The predicted octanol–water partition coefficient (Wildman–Crippen LogP) is 10.2. The summed E-state index contributed by atoms with van der Waals surface area (Å²) in [5, 5.41) is 9.91. The Morgan fingerprint density at radius 2 is 1.02 bits per heavy atom. The Bertz CT molecular complexity index is 2140. The molecule has 3 aliphatic rings. The van der Waals surface area contributed by atoms with Crippen molar-refractivity contribution < 1.29 is 0 Å². The monoisotopic (exact) mass is 606 g/mol. The molecule has 4 atom stereocenters. The molecule has 3 aliphatic carbocycles. The van der Waals surface area contributed by atoms with Crippen molar-refractivity contribution in [1.82, 2.24) is 15.0 Å². The number of nitriles is 1. The quantitative estimate of drug-likeness (QED) is 0.189. The summed E-state index contributed by atoms with van der Waals surface area (Å²) in [6, 6.07) is 46.0. The van der Waals surface area contributed by atoms with E-state index in [2.05, 4.69) is 54.6 Å². The molecule has 0 aliphatic heterocycles. The molecule has 0 radical (unpaired) electrons. The molecule has 1 heterocycles. The van der Waals surface area contributed by atoms with Gasteiger partial charge in [-0.3, -0.25) is 0 Å². The Balaban J connectivity index is 1.16. The van der Waals surface area contributed by atoms with Gasteiger partial charge in [-0.1, -0.05) is 121 Å². The van der Waals surface area contributed by atoms with Crippen molar-refractivity contribution in [3.8, 4) is 62.5 Å². The first-order valence-corrected chi connectivity index (χ1v) is 16.8. The van der Waals surface area contributed by atoms with E-state index in [0.29, 0.717) is 28.5 Å². The highest BCUT2D eigenvalue weighted by Crippen LogP contribution is 2.66. The van der Waals surface area contributed by atoms with Crippen LogP contribution in [0.5, 0.6) is 0 Å². The number of benzene rings is 5. The van der Waals surface area contributed by atoms with E-state index in [1.807, 2.05) is 78.9 Å². The second kappa shape index (κ2) is 11.1. The molecule has 0 N–H and O–H groups in total. The Morgan fingerprint density at radius 3 is 1.66 bits per heavy atom. The van der Waals surface area contributed by atoms with Crippen molar-refractivity contribution in [2.45, 2.75) is 37.5 Å². The minimum absolute atomic E-state index is 0.389. The molecule has 47 heavy (non-hydrogen) atoms. The first-order chi connectivity index (χ1) is 23.2. The summed E-state index contributed by atoms with van der Waals surface area (Å²) < 4.78 is 0. The van der Waals surface area contributed by atoms with Gasteiger partial charge in [0.1, 0.15) is 0 Å². The maximum Gasteiger partial charge on any atom is 0.164 e. The normalized spacial score (nSPS) is 22.3. The van der Waals surface area contributed by atoms with E-state index < -0.39 is 0 Å². The van der Waals surface area contributed by atoms with Gasteiger partial charge >= 0.3 is 0 Å². The van der Waals surface area contributed by atoms with Gasteiger partial charge in [0.2, 0.25) is 0 Å². The number of hydrogen-bond acceptors (Lipinski definition) is 4. The van der Waals surface area contributed by atoms with Gasteiger partial charge in [0.15, 0.2) is 17.5 Å². The summed E-state index contributed by atoms with van der Waals surface area (Å²) in [5.41, 5.74) is 9.33. The van der Waals surface area contributed by atoms with E-state index in [-0.39, 0.29) is 0 Å². The van der Waals surface area contributed by atoms with Crippen LogP contribution in [-0.2, 0) is 5.41 Å². The van der Waals surface area contributed by atoms with Gasteiger partial charge in [-0.2, -0.15) is 5.26 Å². The summed E-state index contributed by atoms with van der Waals surface area (Å²) in [5.74, 6) is 4.68. The zero-order chi connectivity index (χ0) is 31.4. The van der Waals surface area contributed by atoms with Gasteiger partial charge in [0, 0.05) is 22.3 Å². The highest BCUT2D eigenvalue weighted by atomic mass is 15.0. The largest absolute Gasteiger partial charge is 0.208 e. The Hall–Kier alpha value is -5.40. The molecule has 6 aromatic rings. The molecule has 3 fully saturated rings. The van der Waals surface area contributed by atoms with Crippen LogP contribution in [0.2, 0.25) is 0 Å². The fraction of sp³-hybridized carbons (Fsp3) is 0.209. The Labute approximate surface area is 275 Å². The molecule has 5 aromatic carbocycles. The molecular formula is C43H34N4. The maximum absolute atomic E-state index is 9.91. The fourth-order valence-corrected chi connectivity index (χ4v) is 9.13. The van der Waals surface area contributed by atoms with Crippen LogP contribution in [0.25, 0.3) is 56.4 Å². The highest BCUT2D eigenvalue weighted by molar-refractivity contribution is 5.86. The van der Waals surface area contributed by atoms with Gasteiger partial charge in [0.25, 0.3) is 0 Å². The minimum Gasteiger partial charge on any atom is -0.208 e. The van der Waals surface area contributed by atoms with Gasteiger partial charge < -0.3 is 0 Å². The summed E-state index contributed by atoms with van der Waals surface area (Å²) in [6.45, 7) is 0. The van der Waals surface area contributed by atoms with Gasteiger partial charge in [-0.05, 0) is 83.6 Å². The molecule has 1 aromatic heterocycles. The Morgan fingerprint density at radius 1 is 0.489 bits per heavy atom. The molecule has 0 saturated heterocycles. The molecule has 226 valence electrons. The fourth-order valence-electron chi connectivity index (χ4n) is 9.13. The third-order valence-corrected chi connectivity index (χ3v) is 11.2. The number of fused-ring (bicyclic) bond motifs is 1.